The number of carbonyl (C=O) groups is 1. The highest BCUT2D eigenvalue weighted by Gasteiger charge is 2.47. The fourth-order valence-electron chi connectivity index (χ4n) is 9.23. The number of ether oxygens (including phenoxy) is 6. The molecule has 2 saturated heterocycles. The van der Waals surface area contributed by atoms with E-state index in [1.807, 2.05) is 0 Å². The Kier molecular flexibility index (Phi) is 43.2. The molecule has 2 rings (SSSR count). The Morgan fingerprint density at radius 2 is 0.838 bits per heavy atom. The molecule has 14 heteroatoms. The van der Waals surface area contributed by atoms with E-state index in [-0.39, 0.29) is 25.6 Å². The number of carbonyl (C=O) groups excluding carboxylic acids is 1. The zero-order valence-electron chi connectivity index (χ0n) is 46.3. The quantitative estimate of drug-likeness (QED) is 0.0172. The number of hydrogen-bond acceptors (Lipinski definition) is 14. The van der Waals surface area contributed by atoms with E-state index in [4.69, 9.17) is 28.4 Å². The number of aliphatic hydroxyl groups is 7. The van der Waals surface area contributed by atoms with Crippen LogP contribution >= 0.6 is 0 Å². The molecule has 432 valence electrons. The normalized spacial score (nSPS) is 25.1. The molecule has 11 atom stereocenters. The summed E-state index contributed by atoms with van der Waals surface area (Å²) in [7, 11) is 0. The number of rotatable bonds is 48. The number of hydrogen-bond donors (Lipinski definition) is 7. The van der Waals surface area contributed by atoms with Gasteiger partial charge in [-0.15, -0.1) is 0 Å². The van der Waals surface area contributed by atoms with Crippen LogP contribution in [0.2, 0.25) is 0 Å². The Morgan fingerprint density at radius 1 is 0.446 bits per heavy atom. The van der Waals surface area contributed by atoms with Crippen molar-refractivity contribution in [3.05, 3.63) is 48.6 Å². The number of unbranched alkanes of at least 4 members (excludes halogenated alkanes) is 26. The first-order valence-corrected chi connectivity index (χ1v) is 29.7. The molecule has 2 aliphatic rings. The second-order valence-electron chi connectivity index (χ2n) is 20.8. The van der Waals surface area contributed by atoms with Gasteiger partial charge in [-0.3, -0.25) is 4.79 Å². The van der Waals surface area contributed by atoms with Gasteiger partial charge in [-0.25, -0.2) is 0 Å². The van der Waals surface area contributed by atoms with Gasteiger partial charge in [-0.05, 0) is 77.0 Å². The van der Waals surface area contributed by atoms with Crippen LogP contribution in [0.1, 0.15) is 226 Å². The van der Waals surface area contributed by atoms with Crippen molar-refractivity contribution in [3.63, 3.8) is 0 Å². The summed E-state index contributed by atoms with van der Waals surface area (Å²) in [5, 5.41) is 72.4. The molecular formula is C60H108O14. The average molecular weight is 1050 g/mol. The van der Waals surface area contributed by atoms with Crippen molar-refractivity contribution in [3.8, 4) is 0 Å². The van der Waals surface area contributed by atoms with Gasteiger partial charge in [0.25, 0.3) is 0 Å². The van der Waals surface area contributed by atoms with Crippen molar-refractivity contribution in [1.29, 1.82) is 0 Å². The van der Waals surface area contributed by atoms with Crippen molar-refractivity contribution in [2.75, 3.05) is 33.0 Å². The molecule has 7 N–H and O–H groups in total. The number of allylic oxidation sites excluding steroid dienone is 8. The van der Waals surface area contributed by atoms with E-state index in [1.54, 1.807) is 0 Å². The van der Waals surface area contributed by atoms with Crippen molar-refractivity contribution in [1.82, 2.24) is 0 Å². The Morgan fingerprint density at radius 3 is 1.32 bits per heavy atom. The summed E-state index contributed by atoms with van der Waals surface area (Å²) in [6.07, 6.45) is 40.2. The summed E-state index contributed by atoms with van der Waals surface area (Å²) in [6.45, 7) is 3.67. The molecule has 0 aromatic heterocycles. The summed E-state index contributed by atoms with van der Waals surface area (Å²) >= 11 is 0. The third-order valence-corrected chi connectivity index (χ3v) is 14.1. The highest BCUT2D eigenvalue weighted by molar-refractivity contribution is 5.69. The zero-order valence-corrected chi connectivity index (χ0v) is 46.3. The van der Waals surface area contributed by atoms with Crippen LogP contribution in [0.15, 0.2) is 48.6 Å². The molecule has 0 aliphatic carbocycles. The largest absolute Gasteiger partial charge is 0.457 e. The van der Waals surface area contributed by atoms with Crippen LogP contribution in [-0.4, -0.2) is 142 Å². The average Bonchev–Trinajstić information content (AvgIpc) is 3.40. The lowest BCUT2D eigenvalue weighted by molar-refractivity contribution is -0.332. The van der Waals surface area contributed by atoms with Crippen LogP contribution in [0.25, 0.3) is 0 Å². The first-order valence-electron chi connectivity index (χ1n) is 29.7. The van der Waals surface area contributed by atoms with Gasteiger partial charge in [-0.2, -0.15) is 0 Å². The monoisotopic (exact) mass is 1050 g/mol. The van der Waals surface area contributed by atoms with E-state index in [2.05, 4.69) is 62.5 Å². The van der Waals surface area contributed by atoms with Crippen molar-refractivity contribution >= 4 is 5.97 Å². The highest BCUT2D eigenvalue weighted by atomic mass is 16.7. The molecule has 0 amide bonds. The van der Waals surface area contributed by atoms with Crippen LogP contribution < -0.4 is 0 Å². The van der Waals surface area contributed by atoms with Gasteiger partial charge in [0, 0.05) is 13.0 Å². The van der Waals surface area contributed by atoms with Gasteiger partial charge in [0.15, 0.2) is 12.6 Å². The van der Waals surface area contributed by atoms with Crippen LogP contribution in [0, 0.1) is 0 Å². The maximum atomic E-state index is 13.1. The predicted molar refractivity (Wildman–Crippen MR) is 293 cm³/mol. The van der Waals surface area contributed by atoms with Gasteiger partial charge in [0.2, 0.25) is 0 Å². The van der Waals surface area contributed by atoms with Crippen molar-refractivity contribution in [2.45, 2.75) is 293 Å². The molecule has 11 unspecified atom stereocenters. The van der Waals surface area contributed by atoms with E-state index in [0.717, 1.165) is 64.2 Å². The first-order chi connectivity index (χ1) is 36.1. The minimum Gasteiger partial charge on any atom is -0.457 e. The summed E-state index contributed by atoms with van der Waals surface area (Å²) in [6, 6.07) is 0. The molecule has 2 aliphatic heterocycles. The van der Waals surface area contributed by atoms with Crippen LogP contribution in [0.4, 0.5) is 0 Å². The van der Waals surface area contributed by atoms with Crippen molar-refractivity contribution < 1.29 is 69.0 Å². The fraction of sp³-hybridized carbons (Fsp3) is 0.850. The Balaban J connectivity index is 1.72. The molecule has 0 bridgehead atoms. The molecule has 0 radical (unpaired) electrons. The molecule has 0 aromatic rings. The Bertz CT molecular complexity index is 1410. The second-order valence-corrected chi connectivity index (χ2v) is 20.8. The SMILES string of the molecule is CCCCCCC/C=C\C/C=C\C/C=C\CCCCCCCCCOCC(COC1OC(COC2OC(CO)C(O)C(O)C2O)C(O)C(O)C1O)OC(=O)CCCCCCCCC/C=C\CCCCCCCCC. The summed E-state index contributed by atoms with van der Waals surface area (Å²) in [4.78, 5) is 13.1. The molecule has 0 spiro atoms. The topological polar surface area (TPSA) is 214 Å². The third-order valence-electron chi connectivity index (χ3n) is 14.1. The van der Waals surface area contributed by atoms with E-state index >= 15 is 0 Å². The number of esters is 1. The molecule has 0 saturated carbocycles. The zero-order chi connectivity index (χ0) is 53.7. The summed E-state index contributed by atoms with van der Waals surface area (Å²) < 4.78 is 34.4. The molecule has 2 heterocycles. The minimum atomic E-state index is -1.71. The van der Waals surface area contributed by atoms with Gasteiger partial charge in [0.1, 0.15) is 54.9 Å². The lowest BCUT2D eigenvalue weighted by Gasteiger charge is -2.42. The van der Waals surface area contributed by atoms with E-state index < -0.39 is 80.7 Å². The lowest BCUT2D eigenvalue weighted by atomic mass is 9.98. The smallest absolute Gasteiger partial charge is 0.306 e. The molecule has 74 heavy (non-hydrogen) atoms. The van der Waals surface area contributed by atoms with E-state index in [1.165, 1.54) is 135 Å². The van der Waals surface area contributed by atoms with E-state index in [0.29, 0.717) is 13.0 Å². The van der Waals surface area contributed by atoms with Gasteiger partial charge in [0.05, 0.1) is 26.4 Å². The van der Waals surface area contributed by atoms with Gasteiger partial charge in [-0.1, -0.05) is 191 Å². The lowest BCUT2D eigenvalue weighted by Crippen LogP contribution is -2.61. The molecule has 14 nitrogen and oxygen atoms in total. The third kappa shape index (κ3) is 33.3. The standard InChI is InChI=1S/C60H108O14/c1-3-5-7-9-11-13-15-17-19-21-23-24-25-26-28-30-32-34-36-38-40-42-44-69-46-49(72-52(62)43-41-39-37-35-33-31-29-27-22-20-18-16-14-12-10-8-6-4-2)47-70-59-58(68)56(66)54(64)51(74-59)48-71-60-57(67)55(65)53(63)50(45-61)73-60/h15,17,20-23,25-26,49-51,53-61,63-68H,3-14,16,18-19,24,27-48H2,1-2H3/b17-15-,22-20-,23-21-,26-25-. The van der Waals surface area contributed by atoms with Gasteiger partial charge >= 0.3 is 5.97 Å². The second kappa shape index (κ2) is 47.0. The molecule has 2 fully saturated rings. The Hall–Kier alpha value is -2.05. The number of aliphatic hydroxyl groups excluding tert-OH is 7. The van der Waals surface area contributed by atoms with Gasteiger partial charge < -0.3 is 64.2 Å². The first kappa shape index (κ1) is 68.1. The maximum absolute atomic E-state index is 13.1. The highest BCUT2D eigenvalue weighted by Crippen LogP contribution is 2.27. The summed E-state index contributed by atoms with van der Waals surface area (Å²) in [5.74, 6) is -0.383. The maximum Gasteiger partial charge on any atom is 0.306 e. The minimum absolute atomic E-state index is 0.0529. The van der Waals surface area contributed by atoms with Crippen LogP contribution in [0.5, 0.6) is 0 Å². The Labute approximate surface area is 448 Å². The van der Waals surface area contributed by atoms with E-state index in [9.17, 15) is 40.5 Å². The summed E-state index contributed by atoms with van der Waals surface area (Å²) in [5.41, 5.74) is 0. The fourth-order valence-corrected chi connectivity index (χ4v) is 9.23. The van der Waals surface area contributed by atoms with Crippen LogP contribution in [0.3, 0.4) is 0 Å². The predicted octanol–water partition coefficient (Wildman–Crippen LogP) is 10.7. The van der Waals surface area contributed by atoms with Crippen molar-refractivity contribution in [2.24, 2.45) is 0 Å². The molecular weight excluding hydrogens is 945 g/mol. The molecule has 0 aromatic carbocycles. The van der Waals surface area contributed by atoms with Crippen LogP contribution in [-0.2, 0) is 33.2 Å².